The normalized spacial score (nSPS) is 29.7. The van der Waals surface area contributed by atoms with E-state index in [0.29, 0.717) is 11.8 Å². The molecule has 3 rings (SSSR count). The van der Waals surface area contributed by atoms with Crippen LogP contribution in [-0.4, -0.2) is 14.5 Å². The zero-order valence-corrected chi connectivity index (χ0v) is 12.9. The minimum Gasteiger partial charge on any atom is -0.396 e. The van der Waals surface area contributed by atoms with Crippen LogP contribution >= 0.6 is 0 Å². The molecule has 21 heavy (non-hydrogen) atoms. The molecular formula is C15H21FN2O2S. The van der Waals surface area contributed by atoms with Gasteiger partial charge in [-0.2, -0.15) is 0 Å². The average molecular weight is 312 g/mol. The smallest absolute Gasteiger partial charge is 0.240 e. The van der Waals surface area contributed by atoms with E-state index >= 15 is 0 Å². The molecule has 4 nitrogen and oxygen atoms in total. The molecule has 0 spiro atoms. The van der Waals surface area contributed by atoms with Gasteiger partial charge in [0.1, 0.15) is 5.82 Å². The molecule has 2 aliphatic carbocycles. The van der Waals surface area contributed by atoms with Crippen LogP contribution in [-0.2, 0) is 10.0 Å². The van der Waals surface area contributed by atoms with Gasteiger partial charge in [0.25, 0.3) is 0 Å². The van der Waals surface area contributed by atoms with Gasteiger partial charge in [-0.05, 0) is 62.1 Å². The molecule has 116 valence electrons. The Bertz CT molecular complexity index is 647. The molecule has 4 atom stereocenters. The summed E-state index contributed by atoms with van der Waals surface area (Å²) in [4.78, 5) is -0.0655. The molecule has 0 radical (unpaired) electrons. The van der Waals surface area contributed by atoms with Crippen molar-refractivity contribution in [2.24, 2.45) is 17.8 Å². The first-order valence-electron chi connectivity index (χ1n) is 7.44. The minimum atomic E-state index is -3.70. The number of rotatable bonds is 4. The molecule has 0 heterocycles. The third-order valence-electron chi connectivity index (χ3n) is 5.06. The van der Waals surface area contributed by atoms with Crippen LogP contribution in [0.1, 0.15) is 32.6 Å². The van der Waals surface area contributed by atoms with E-state index in [1.807, 2.05) is 6.92 Å². The van der Waals surface area contributed by atoms with Crippen molar-refractivity contribution >= 4 is 15.7 Å². The lowest BCUT2D eigenvalue weighted by molar-refractivity contribution is 0.280. The number of nitrogens with one attached hydrogen (secondary N) is 1. The summed E-state index contributed by atoms with van der Waals surface area (Å²) in [5.74, 6) is 1.10. The molecule has 2 saturated carbocycles. The Labute approximate surface area is 125 Å². The predicted octanol–water partition coefficient (Wildman–Crippen LogP) is 2.51. The van der Waals surface area contributed by atoms with Crippen LogP contribution in [0.15, 0.2) is 23.1 Å². The van der Waals surface area contributed by atoms with Crippen molar-refractivity contribution in [1.82, 2.24) is 4.72 Å². The Morgan fingerprint density at radius 3 is 2.67 bits per heavy atom. The van der Waals surface area contributed by atoms with Crippen LogP contribution in [0.5, 0.6) is 0 Å². The number of nitrogen functional groups attached to an aromatic ring is 1. The summed E-state index contributed by atoms with van der Waals surface area (Å²) in [5, 5.41) is 0. The Balaban J connectivity index is 1.75. The molecular weight excluding hydrogens is 291 g/mol. The topological polar surface area (TPSA) is 72.2 Å². The van der Waals surface area contributed by atoms with Crippen molar-refractivity contribution in [2.75, 3.05) is 5.73 Å². The number of benzene rings is 1. The molecule has 2 aliphatic rings. The monoisotopic (exact) mass is 312 g/mol. The third-order valence-corrected chi connectivity index (χ3v) is 6.61. The minimum absolute atomic E-state index is 0.0462. The zero-order valence-electron chi connectivity index (χ0n) is 12.0. The Kier molecular flexibility index (Phi) is 3.69. The number of anilines is 1. The van der Waals surface area contributed by atoms with E-state index in [2.05, 4.69) is 4.72 Å². The maximum atomic E-state index is 13.5. The van der Waals surface area contributed by atoms with Gasteiger partial charge in [-0.1, -0.05) is 6.42 Å². The lowest BCUT2D eigenvalue weighted by atomic mass is 9.84. The fourth-order valence-corrected chi connectivity index (χ4v) is 5.29. The highest BCUT2D eigenvalue weighted by Crippen LogP contribution is 2.49. The summed E-state index contributed by atoms with van der Waals surface area (Å²) < 4.78 is 40.9. The summed E-state index contributed by atoms with van der Waals surface area (Å²) >= 11 is 0. The number of hydrogen-bond donors (Lipinski definition) is 2. The fourth-order valence-electron chi connectivity index (χ4n) is 3.98. The quantitative estimate of drug-likeness (QED) is 0.839. The second kappa shape index (κ2) is 5.25. The largest absolute Gasteiger partial charge is 0.396 e. The molecule has 0 amide bonds. The number of halogens is 1. The van der Waals surface area contributed by atoms with Gasteiger partial charge >= 0.3 is 0 Å². The average Bonchev–Trinajstić information content (AvgIpc) is 3.03. The second-order valence-corrected chi connectivity index (χ2v) is 8.15. The highest BCUT2D eigenvalue weighted by molar-refractivity contribution is 7.89. The lowest BCUT2D eigenvalue weighted by Gasteiger charge is -2.28. The zero-order chi connectivity index (χ0) is 15.2. The van der Waals surface area contributed by atoms with Crippen LogP contribution in [0, 0.1) is 23.6 Å². The Morgan fingerprint density at radius 2 is 2.10 bits per heavy atom. The highest BCUT2D eigenvalue weighted by Gasteiger charge is 2.42. The van der Waals surface area contributed by atoms with Gasteiger partial charge < -0.3 is 5.73 Å². The summed E-state index contributed by atoms with van der Waals surface area (Å²) in [6.07, 6.45) is 4.82. The van der Waals surface area contributed by atoms with Gasteiger partial charge in [0, 0.05) is 6.04 Å². The maximum Gasteiger partial charge on any atom is 0.240 e. The SMILES string of the molecule is CC(NS(=O)(=O)c1ccc(N)c(F)c1)C1CC2CCC1C2. The van der Waals surface area contributed by atoms with Crippen molar-refractivity contribution < 1.29 is 12.8 Å². The molecule has 2 bridgehead atoms. The van der Waals surface area contributed by atoms with Gasteiger partial charge in [-0.15, -0.1) is 0 Å². The van der Waals surface area contributed by atoms with Gasteiger partial charge in [0.05, 0.1) is 10.6 Å². The molecule has 1 aromatic rings. The standard InChI is InChI=1S/C15H21FN2O2S/c1-9(13-7-10-2-3-11(13)6-10)18-21(19,20)12-4-5-15(17)14(16)8-12/h4-5,8-11,13,18H,2-3,6-7,17H2,1H3. The first-order chi connectivity index (χ1) is 9.87. The predicted molar refractivity (Wildman–Crippen MR) is 79.5 cm³/mol. The van der Waals surface area contributed by atoms with E-state index in [4.69, 9.17) is 5.73 Å². The molecule has 6 heteroatoms. The summed E-state index contributed by atoms with van der Waals surface area (Å²) in [7, 11) is -3.70. The summed E-state index contributed by atoms with van der Waals surface area (Å²) in [6.45, 7) is 1.91. The van der Waals surface area contributed by atoms with Gasteiger partial charge in [-0.3, -0.25) is 0 Å². The van der Waals surface area contributed by atoms with Gasteiger partial charge in [-0.25, -0.2) is 17.5 Å². The van der Waals surface area contributed by atoms with Gasteiger partial charge in [0.15, 0.2) is 0 Å². The number of nitrogens with two attached hydrogens (primary N) is 1. The third kappa shape index (κ3) is 2.79. The van der Waals surface area contributed by atoms with Crippen molar-refractivity contribution in [3.63, 3.8) is 0 Å². The maximum absolute atomic E-state index is 13.5. The van der Waals surface area contributed by atoms with E-state index in [-0.39, 0.29) is 16.6 Å². The van der Waals surface area contributed by atoms with Crippen LogP contribution in [0.3, 0.4) is 0 Å². The van der Waals surface area contributed by atoms with Crippen molar-refractivity contribution in [3.05, 3.63) is 24.0 Å². The van der Waals surface area contributed by atoms with E-state index < -0.39 is 15.8 Å². The lowest BCUT2D eigenvalue weighted by Crippen LogP contribution is -2.40. The summed E-state index contributed by atoms with van der Waals surface area (Å²) in [6, 6.07) is 3.48. The number of sulfonamides is 1. The molecule has 1 aromatic carbocycles. The molecule has 2 fully saturated rings. The van der Waals surface area contributed by atoms with Crippen LogP contribution in [0.4, 0.5) is 10.1 Å². The van der Waals surface area contributed by atoms with Crippen molar-refractivity contribution in [1.29, 1.82) is 0 Å². The highest BCUT2D eigenvalue weighted by atomic mass is 32.2. The Morgan fingerprint density at radius 1 is 1.33 bits per heavy atom. The molecule has 4 unspecified atom stereocenters. The van der Waals surface area contributed by atoms with Crippen LogP contribution in [0.25, 0.3) is 0 Å². The molecule has 3 N–H and O–H groups in total. The van der Waals surface area contributed by atoms with Gasteiger partial charge in [0.2, 0.25) is 10.0 Å². The number of fused-ring (bicyclic) bond motifs is 2. The van der Waals surface area contributed by atoms with E-state index in [9.17, 15) is 12.8 Å². The molecule has 0 aromatic heterocycles. The van der Waals surface area contributed by atoms with E-state index in [1.165, 1.54) is 31.4 Å². The van der Waals surface area contributed by atoms with Crippen molar-refractivity contribution in [2.45, 2.75) is 43.5 Å². The van der Waals surface area contributed by atoms with Crippen molar-refractivity contribution in [3.8, 4) is 0 Å². The first-order valence-corrected chi connectivity index (χ1v) is 8.92. The fraction of sp³-hybridized carbons (Fsp3) is 0.600. The van der Waals surface area contributed by atoms with Crippen LogP contribution < -0.4 is 10.5 Å². The Hall–Kier alpha value is -1.14. The first kappa shape index (κ1) is 14.8. The second-order valence-electron chi connectivity index (χ2n) is 6.43. The molecule has 0 aliphatic heterocycles. The van der Waals surface area contributed by atoms with E-state index in [1.54, 1.807) is 0 Å². The summed E-state index contributed by atoms with van der Waals surface area (Å²) in [5.41, 5.74) is 5.34. The molecule has 0 saturated heterocycles. The van der Waals surface area contributed by atoms with Crippen LogP contribution in [0.2, 0.25) is 0 Å². The van der Waals surface area contributed by atoms with E-state index in [0.717, 1.165) is 18.4 Å². The number of hydrogen-bond acceptors (Lipinski definition) is 3.